The van der Waals surface area contributed by atoms with Gasteiger partial charge in [0.25, 0.3) is 0 Å². The minimum atomic E-state index is -0.351. The van der Waals surface area contributed by atoms with Crippen molar-refractivity contribution in [3.8, 4) is 0 Å². The van der Waals surface area contributed by atoms with Gasteiger partial charge in [-0.05, 0) is 48.6 Å². The van der Waals surface area contributed by atoms with Gasteiger partial charge < -0.3 is 5.11 Å². The molecule has 0 saturated heterocycles. The van der Waals surface area contributed by atoms with Crippen LogP contribution in [0, 0.1) is 0 Å². The number of aliphatic hydroxyl groups is 1. The fraction of sp³-hybridized carbons (Fsp3) is 0.538. The number of fused-ring (bicyclic) bond motifs is 1. The lowest BCUT2D eigenvalue weighted by Gasteiger charge is -2.17. The molecule has 1 aliphatic heterocycles. The molecule has 80 valence electrons. The summed E-state index contributed by atoms with van der Waals surface area (Å²) in [6.45, 7) is 0. The van der Waals surface area contributed by atoms with E-state index >= 15 is 0 Å². The molecule has 0 unspecified atom stereocenters. The van der Waals surface area contributed by atoms with Gasteiger partial charge in [0.15, 0.2) is 0 Å². The zero-order valence-electron chi connectivity index (χ0n) is 8.83. The molecule has 1 heterocycles. The molecule has 1 aliphatic carbocycles. The van der Waals surface area contributed by atoms with E-state index in [2.05, 4.69) is 18.2 Å². The van der Waals surface area contributed by atoms with Gasteiger partial charge in [0, 0.05) is 11.3 Å². The summed E-state index contributed by atoms with van der Waals surface area (Å²) in [5, 5.41) is 9.88. The van der Waals surface area contributed by atoms with Crippen LogP contribution in [-0.4, -0.2) is 16.5 Å². The van der Waals surface area contributed by atoms with Gasteiger partial charge in [0.05, 0.1) is 5.60 Å². The molecule has 0 aromatic heterocycles. The van der Waals surface area contributed by atoms with Crippen molar-refractivity contribution in [2.75, 3.05) is 5.75 Å². The molecule has 0 spiro atoms. The summed E-state index contributed by atoms with van der Waals surface area (Å²) < 4.78 is 0. The minimum Gasteiger partial charge on any atom is -0.390 e. The Bertz CT molecular complexity index is 382. The first-order chi connectivity index (χ1) is 7.25. The third-order valence-electron chi connectivity index (χ3n) is 3.33. The first-order valence-electron chi connectivity index (χ1n) is 5.72. The van der Waals surface area contributed by atoms with Crippen molar-refractivity contribution in [2.45, 2.75) is 42.6 Å². The SMILES string of the molecule is OC1(Cc2ccc3c(c2)CCCS3)CC1. The summed E-state index contributed by atoms with van der Waals surface area (Å²) in [5.41, 5.74) is 2.46. The molecule has 1 aromatic rings. The highest BCUT2D eigenvalue weighted by Gasteiger charge is 2.40. The van der Waals surface area contributed by atoms with Crippen molar-refractivity contribution < 1.29 is 5.11 Å². The van der Waals surface area contributed by atoms with Gasteiger partial charge >= 0.3 is 0 Å². The maximum atomic E-state index is 9.88. The Labute approximate surface area is 94.9 Å². The van der Waals surface area contributed by atoms with Crippen LogP contribution < -0.4 is 0 Å². The second-order valence-corrected chi connectivity index (χ2v) is 5.93. The molecule has 0 bridgehead atoms. The lowest BCUT2D eigenvalue weighted by atomic mass is 10.0. The van der Waals surface area contributed by atoms with Crippen molar-refractivity contribution in [1.29, 1.82) is 0 Å². The van der Waals surface area contributed by atoms with Crippen LogP contribution in [0.3, 0.4) is 0 Å². The first kappa shape index (κ1) is 9.73. The van der Waals surface area contributed by atoms with Gasteiger partial charge in [-0.1, -0.05) is 12.1 Å². The van der Waals surface area contributed by atoms with Crippen molar-refractivity contribution in [1.82, 2.24) is 0 Å². The molecule has 2 aliphatic rings. The Morgan fingerprint density at radius 1 is 1.33 bits per heavy atom. The second kappa shape index (κ2) is 3.53. The van der Waals surface area contributed by atoms with Crippen LogP contribution in [0.15, 0.2) is 23.1 Å². The number of rotatable bonds is 2. The van der Waals surface area contributed by atoms with E-state index in [1.54, 1.807) is 0 Å². The van der Waals surface area contributed by atoms with Crippen LogP contribution in [0.5, 0.6) is 0 Å². The summed E-state index contributed by atoms with van der Waals surface area (Å²) in [5.74, 6) is 1.26. The molecule has 0 radical (unpaired) electrons. The Kier molecular flexibility index (Phi) is 2.29. The van der Waals surface area contributed by atoms with Crippen molar-refractivity contribution in [3.05, 3.63) is 29.3 Å². The van der Waals surface area contributed by atoms with Gasteiger partial charge in [-0.15, -0.1) is 11.8 Å². The number of hydrogen-bond acceptors (Lipinski definition) is 2. The van der Waals surface area contributed by atoms with E-state index in [9.17, 15) is 5.11 Å². The smallest absolute Gasteiger partial charge is 0.0690 e. The van der Waals surface area contributed by atoms with Crippen LogP contribution >= 0.6 is 11.8 Å². The van der Waals surface area contributed by atoms with E-state index in [1.165, 1.54) is 34.6 Å². The summed E-state index contributed by atoms with van der Waals surface area (Å²) in [6, 6.07) is 6.73. The third-order valence-corrected chi connectivity index (χ3v) is 4.54. The van der Waals surface area contributed by atoms with Crippen molar-refractivity contribution >= 4 is 11.8 Å². The second-order valence-electron chi connectivity index (χ2n) is 4.80. The van der Waals surface area contributed by atoms with Crippen molar-refractivity contribution in [3.63, 3.8) is 0 Å². The predicted molar refractivity (Wildman–Crippen MR) is 63.4 cm³/mol. The van der Waals surface area contributed by atoms with Gasteiger partial charge in [-0.25, -0.2) is 0 Å². The maximum Gasteiger partial charge on any atom is 0.0690 e. The standard InChI is InChI=1S/C13H16OS/c14-13(5-6-13)9-10-3-4-12-11(8-10)2-1-7-15-12/h3-4,8,14H,1-2,5-7,9H2. The van der Waals surface area contributed by atoms with Crippen LogP contribution in [-0.2, 0) is 12.8 Å². The van der Waals surface area contributed by atoms with Crippen LogP contribution in [0.2, 0.25) is 0 Å². The van der Waals surface area contributed by atoms with E-state index in [4.69, 9.17) is 0 Å². The Hall–Kier alpha value is -0.470. The quantitative estimate of drug-likeness (QED) is 0.827. The van der Waals surface area contributed by atoms with Gasteiger partial charge in [-0.2, -0.15) is 0 Å². The number of hydrogen-bond donors (Lipinski definition) is 1. The molecule has 2 heteroatoms. The van der Waals surface area contributed by atoms with E-state index in [0.717, 1.165) is 19.3 Å². The highest BCUT2D eigenvalue weighted by Crippen LogP contribution is 2.39. The number of benzene rings is 1. The van der Waals surface area contributed by atoms with Gasteiger partial charge in [-0.3, -0.25) is 0 Å². The summed E-state index contributed by atoms with van der Waals surface area (Å²) >= 11 is 1.97. The minimum absolute atomic E-state index is 0.351. The van der Waals surface area contributed by atoms with E-state index in [0.29, 0.717) is 0 Å². The highest BCUT2D eigenvalue weighted by molar-refractivity contribution is 7.99. The largest absolute Gasteiger partial charge is 0.390 e. The Balaban J connectivity index is 1.84. The fourth-order valence-electron chi connectivity index (χ4n) is 2.22. The summed E-state index contributed by atoms with van der Waals surface area (Å²) in [4.78, 5) is 1.45. The summed E-state index contributed by atoms with van der Waals surface area (Å²) in [6.07, 6.45) is 5.34. The van der Waals surface area contributed by atoms with E-state index in [1.807, 2.05) is 11.8 Å². The monoisotopic (exact) mass is 220 g/mol. The van der Waals surface area contributed by atoms with E-state index < -0.39 is 0 Å². The zero-order valence-corrected chi connectivity index (χ0v) is 9.65. The molecule has 1 nitrogen and oxygen atoms in total. The Morgan fingerprint density at radius 2 is 2.20 bits per heavy atom. The molecular weight excluding hydrogens is 204 g/mol. The highest BCUT2D eigenvalue weighted by atomic mass is 32.2. The molecule has 1 aromatic carbocycles. The predicted octanol–water partition coefficient (Wildman–Crippen LogP) is 2.79. The molecule has 1 saturated carbocycles. The van der Waals surface area contributed by atoms with Gasteiger partial charge in [0.1, 0.15) is 0 Å². The molecule has 1 N–H and O–H groups in total. The zero-order chi connectivity index (χ0) is 10.3. The maximum absolute atomic E-state index is 9.88. The fourth-order valence-corrected chi connectivity index (χ4v) is 3.24. The van der Waals surface area contributed by atoms with Crippen LogP contribution in [0.25, 0.3) is 0 Å². The lowest BCUT2D eigenvalue weighted by Crippen LogP contribution is -2.11. The van der Waals surface area contributed by atoms with Gasteiger partial charge in [0.2, 0.25) is 0 Å². The topological polar surface area (TPSA) is 20.2 Å². The normalized spacial score (nSPS) is 22.2. The third kappa shape index (κ3) is 2.06. The van der Waals surface area contributed by atoms with Crippen molar-refractivity contribution in [2.24, 2.45) is 0 Å². The molecular formula is C13H16OS. The average molecular weight is 220 g/mol. The number of thioether (sulfide) groups is 1. The molecule has 15 heavy (non-hydrogen) atoms. The summed E-state index contributed by atoms with van der Waals surface area (Å²) in [7, 11) is 0. The van der Waals surface area contributed by atoms with Crippen LogP contribution in [0.4, 0.5) is 0 Å². The Morgan fingerprint density at radius 3 is 3.00 bits per heavy atom. The lowest BCUT2D eigenvalue weighted by molar-refractivity contribution is 0.151. The first-order valence-corrected chi connectivity index (χ1v) is 6.71. The molecule has 0 amide bonds. The molecule has 0 atom stereocenters. The number of aryl methyl sites for hydroxylation is 1. The van der Waals surface area contributed by atoms with E-state index in [-0.39, 0.29) is 5.60 Å². The molecule has 3 rings (SSSR count). The average Bonchev–Trinajstić information content (AvgIpc) is 2.96. The van der Waals surface area contributed by atoms with Crippen LogP contribution in [0.1, 0.15) is 30.4 Å². The molecule has 1 fully saturated rings.